The average molecular weight is 517 g/mol. The van der Waals surface area contributed by atoms with Crippen LogP contribution < -0.4 is 16.0 Å². The molecule has 9 heteroatoms. The highest BCUT2D eigenvalue weighted by molar-refractivity contribution is 5.95. The Morgan fingerprint density at radius 3 is 2.70 bits per heavy atom. The van der Waals surface area contributed by atoms with Gasteiger partial charge in [-0.3, -0.25) is 14.5 Å². The molecule has 1 aromatic rings. The van der Waals surface area contributed by atoms with Gasteiger partial charge >= 0.3 is 6.09 Å². The second kappa shape index (κ2) is 12.7. The summed E-state index contributed by atoms with van der Waals surface area (Å²) >= 11 is 0. The van der Waals surface area contributed by atoms with Gasteiger partial charge in [-0.25, -0.2) is 4.79 Å². The molecule has 1 aromatic carbocycles. The molecule has 3 rings (SSSR count). The van der Waals surface area contributed by atoms with E-state index in [9.17, 15) is 19.5 Å². The third-order valence-electron chi connectivity index (χ3n) is 7.45. The van der Waals surface area contributed by atoms with Gasteiger partial charge in [-0.15, -0.1) is 0 Å². The van der Waals surface area contributed by atoms with E-state index in [0.717, 1.165) is 24.1 Å². The molecule has 2 aliphatic heterocycles. The molecule has 0 bridgehead atoms. The zero-order valence-corrected chi connectivity index (χ0v) is 22.7. The van der Waals surface area contributed by atoms with Gasteiger partial charge in [0.15, 0.2) is 0 Å². The van der Waals surface area contributed by atoms with E-state index in [1.165, 1.54) is 0 Å². The van der Waals surface area contributed by atoms with Gasteiger partial charge in [-0.2, -0.15) is 0 Å². The van der Waals surface area contributed by atoms with Crippen LogP contribution in [0.3, 0.4) is 0 Å². The third-order valence-corrected chi connectivity index (χ3v) is 7.45. The molecule has 2 aliphatic rings. The number of para-hydroxylation sites is 1. The summed E-state index contributed by atoms with van der Waals surface area (Å²) in [6.07, 6.45) is 2.38. The van der Waals surface area contributed by atoms with Gasteiger partial charge < -0.3 is 25.8 Å². The fourth-order valence-corrected chi connectivity index (χ4v) is 5.31. The highest BCUT2D eigenvalue weighted by Gasteiger charge is 2.38. The number of hydrogen-bond acceptors (Lipinski definition) is 6. The highest BCUT2D eigenvalue weighted by atomic mass is 16.6. The van der Waals surface area contributed by atoms with Crippen molar-refractivity contribution < 1.29 is 24.2 Å². The van der Waals surface area contributed by atoms with Crippen LogP contribution in [0.4, 0.5) is 10.5 Å². The minimum Gasteiger partial charge on any atom is -0.448 e. The van der Waals surface area contributed by atoms with Gasteiger partial charge in [0.1, 0.15) is 6.61 Å². The van der Waals surface area contributed by atoms with Gasteiger partial charge in [-0.05, 0) is 42.7 Å². The third kappa shape index (κ3) is 7.68. The quantitative estimate of drug-likeness (QED) is 0.367. The lowest BCUT2D eigenvalue weighted by molar-refractivity contribution is -0.125. The molecule has 206 valence electrons. The Morgan fingerprint density at radius 2 is 2.03 bits per heavy atom. The molecule has 4 N–H and O–H groups in total. The first kappa shape index (κ1) is 28.9. The van der Waals surface area contributed by atoms with Crippen LogP contribution in [0, 0.1) is 11.3 Å². The largest absolute Gasteiger partial charge is 0.448 e. The number of amides is 3. The molecule has 0 aliphatic carbocycles. The predicted molar refractivity (Wildman–Crippen MR) is 143 cm³/mol. The average Bonchev–Trinajstić information content (AvgIpc) is 3.28. The Balaban J connectivity index is 1.60. The number of aliphatic hydroxyl groups excluding tert-OH is 1. The zero-order chi connectivity index (χ0) is 27.2. The van der Waals surface area contributed by atoms with Gasteiger partial charge in [0.25, 0.3) is 0 Å². The number of anilines is 1. The molecule has 0 spiro atoms. The van der Waals surface area contributed by atoms with Crippen molar-refractivity contribution in [2.75, 3.05) is 31.1 Å². The van der Waals surface area contributed by atoms with E-state index in [1.54, 1.807) is 16.7 Å². The Morgan fingerprint density at radius 1 is 1.30 bits per heavy atom. The number of benzene rings is 1. The molecule has 37 heavy (non-hydrogen) atoms. The van der Waals surface area contributed by atoms with Gasteiger partial charge in [0.05, 0.1) is 18.7 Å². The molecular weight excluding hydrogens is 472 g/mol. The normalized spacial score (nSPS) is 20.2. The van der Waals surface area contributed by atoms with E-state index in [4.69, 9.17) is 10.5 Å². The maximum absolute atomic E-state index is 13.6. The first-order chi connectivity index (χ1) is 17.5. The predicted octanol–water partition coefficient (Wildman–Crippen LogP) is 2.83. The molecule has 0 saturated carbocycles. The van der Waals surface area contributed by atoms with E-state index in [1.807, 2.05) is 38.1 Å². The molecule has 4 atom stereocenters. The Hall–Kier alpha value is -2.65. The van der Waals surface area contributed by atoms with Crippen LogP contribution in [-0.2, 0) is 20.7 Å². The van der Waals surface area contributed by atoms with E-state index in [2.05, 4.69) is 12.2 Å². The number of aliphatic hydroxyl groups is 1. The van der Waals surface area contributed by atoms with E-state index in [0.29, 0.717) is 39.1 Å². The van der Waals surface area contributed by atoms with Gasteiger partial charge in [-0.1, -0.05) is 52.3 Å². The summed E-state index contributed by atoms with van der Waals surface area (Å²) in [5, 5.41) is 13.6. The molecule has 0 radical (unpaired) electrons. The Bertz CT molecular complexity index is 952. The van der Waals surface area contributed by atoms with Crippen molar-refractivity contribution in [2.45, 2.75) is 84.4 Å². The summed E-state index contributed by atoms with van der Waals surface area (Å²) in [7, 11) is 0. The summed E-state index contributed by atoms with van der Waals surface area (Å²) in [5.41, 5.74) is 7.79. The van der Waals surface area contributed by atoms with Crippen LogP contribution in [0.2, 0.25) is 0 Å². The zero-order valence-electron chi connectivity index (χ0n) is 22.7. The molecule has 9 nitrogen and oxygen atoms in total. The summed E-state index contributed by atoms with van der Waals surface area (Å²) in [6.45, 7) is 9.77. The molecule has 1 unspecified atom stereocenters. The van der Waals surface area contributed by atoms with Crippen LogP contribution >= 0.6 is 0 Å². The lowest BCUT2D eigenvalue weighted by Crippen LogP contribution is -2.51. The number of rotatable bonds is 12. The first-order valence-electron chi connectivity index (χ1n) is 13.6. The summed E-state index contributed by atoms with van der Waals surface area (Å²) in [6, 6.07) is 7.11. The van der Waals surface area contributed by atoms with Crippen molar-refractivity contribution in [2.24, 2.45) is 17.1 Å². The lowest BCUT2D eigenvalue weighted by atomic mass is 9.79. The van der Waals surface area contributed by atoms with Crippen molar-refractivity contribution in [3.05, 3.63) is 29.8 Å². The van der Waals surface area contributed by atoms with Crippen LogP contribution in [0.25, 0.3) is 0 Å². The fraction of sp³-hybridized carbons (Fsp3) is 0.679. The van der Waals surface area contributed by atoms with Crippen LogP contribution in [0.15, 0.2) is 24.3 Å². The molecule has 3 amide bonds. The summed E-state index contributed by atoms with van der Waals surface area (Å²) in [4.78, 5) is 41.6. The lowest BCUT2D eigenvalue weighted by Gasteiger charge is -2.39. The number of cyclic esters (lactones) is 1. The van der Waals surface area contributed by atoms with Crippen molar-refractivity contribution >= 4 is 23.6 Å². The number of carbonyl (C=O) groups excluding carboxylic acids is 3. The maximum Gasteiger partial charge on any atom is 0.410 e. The number of unbranched alkanes of at least 4 members (excludes halogenated alkanes) is 1. The molecular formula is C28H44N4O5. The van der Waals surface area contributed by atoms with Crippen LogP contribution in [0.5, 0.6) is 0 Å². The number of nitrogens with one attached hydrogen (secondary N) is 1. The van der Waals surface area contributed by atoms with Gasteiger partial charge in [0, 0.05) is 37.2 Å². The van der Waals surface area contributed by atoms with Crippen molar-refractivity contribution in [3.8, 4) is 0 Å². The smallest absolute Gasteiger partial charge is 0.410 e. The number of nitrogens with zero attached hydrogens (tertiary/aromatic N) is 2. The molecule has 0 aromatic heterocycles. The number of hydrogen-bond donors (Lipinski definition) is 3. The highest BCUT2D eigenvalue weighted by Crippen LogP contribution is 2.34. The van der Waals surface area contributed by atoms with E-state index >= 15 is 0 Å². The molecule has 2 heterocycles. The van der Waals surface area contributed by atoms with Crippen LogP contribution in [-0.4, -0.2) is 72.3 Å². The minimum atomic E-state index is -0.845. The number of nitrogens with two attached hydrogens (primary N) is 1. The fourth-order valence-electron chi connectivity index (χ4n) is 5.31. The Labute approximate surface area is 220 Å². The maximum atomic E-state index is 13.6. The minimum absolute atomic E-state index is 0.0416. The number of ether oxygens (including phenoxy) is 1. The second-order valence-corrected chi connectivity index (χ2v) is 11.4. The summed E-state index contributed by atoms with van der Waals surface area (Å²) in [5.74, 6) is -0.462. The number of carbonyl (C=O) groups is 3. The monoisotopic (exact) mass is 516 g/mol. The number of fused-ring (bicyclic) bond motifs is 1. The van der Waals surface area contributed by atoms with E-state index in [-0.39, 0.29) is 42.7 Å². The van der Waals surface area contributed by atoms with Gasteiger partial charge in [0.2, 0.25) is 11.8 Å². The first-order valence-corrected chi connectivity index (χ1v) is 13.6. The van der Waals surface area contributed by atoms with Crippen molar-refractivity contribution in [3.63, 3.8) is 0 Å². The molecule has 1 saturated heterocycles. The van der Waals surface area contributed by atoms with Crippen molar-refractivity contribution in [1.29, 1.82) is 0 Å². The molecule has 1 fully saturated rings. The van der Waals surface area contributed by atoms with Crippen LogP contribution in [0.1, 0.15) is 65.4 Å². The SMILES string of the molecule is CCCCNC(=O)[C@H](C)C[C@H](O)[C@@H](N)CC(C)(C)CC(=O)N1CC(N2CCOC2=O)Cc2ccccc21. The second-order valence-electron chi connectivity index (χ2n) is 11.4. The summed E-state index contributed by atoms with van der Waals surface area (Å²) < 4.78 is 5.14. The topological polar surface area (TPSA) is 125 Å². The standard InChI is InChI=1S/C28H44N4O5/c1-5-6-11-30-26(35)19(2)14-24(33)22(29)16-28(3,4)17-25(34)32-18-21(31-12-13-37-27(31)36)15-20-9-7-8-10-23(20)32/h7-10,19,21-22,24,33H,5-6,11-18,29H2,1-4H3,(H,30,35)/t19-,21?,22+,24+/m1/s1. The Kier molecular flexibility index (Phi) is 9.95. The van der Waals surface area contributed by atoms with Crippen molar-refractivity contribution in [1.82, 2.24) is 10.2 Å². The van der Waals surface area contributed by atoms with E-state index < -0.39 is 17.6 Å².